The van der Waals surface area contributed by atoms with Crippen LogP contribution in [0.15, 0.2) is 12.1 Å². The van der Waals surface area contributed by atoms with Gasteiger partial charge in [-0.2, -0.15) is 0 Å². The fourth-order valence-electron chi connectivity index (χ4n) is 4.89. The van der Waals surface area contributed by atoms with Gasteiger partial charge >= 0.3 is 0 Å². The first-order valence-electron chi connectivity index (χ1n) is 10.3. The van der Waals surface area contributed by atoms with Crippen LogP contribution in [0, 0.1) is 5.92 Å². The van der Waals surface area contributed by atoms with Crippen molar-refractivity contribution >= 4 is 11.6 Å². The van der Waals surface area contributed by atoms with Crippen LogP contribution in [0.1, 0.15) is 87.3 Å². The maximum Gasteiger partial charge on any atom is 0.0611 e. The lowest BCUT2D eigenvalue weighted by Crippen LogP contribution is -2.40. The zero-order valence-corrected chi connectivity index (χ0v) is 16.5. The molecular weight excluding hydrogens is 330 g/mol. The molecule has 0 aliphatic heterocycles. The quantitative estimate of drug-likeness (QED) is 0.639. The maximum absolute atomic E-state index is 9.53. The van der Waals surface area contributed by atoms with Gasteiger partial charge in [-0.05, 0) is 67.1 Å². The van der Waals surface area contributed by atoms with E-state index in [1.54, 1.807) is 0 Å². The van der Waals surface area contributed by atoms with Crippen molar-refractivity contribution in [2.45, 2.75) is 89.0 Å². The van der Waals surface area contributed by atoms with Crippen LogP contribution < -0.4 is 5.73 Å². The van der Waals surface area contributed by atoms with Gasteiger partial charge in [-0.25, -0.2) is 0 Å². The first-order chi connectivity index (χ1) is 12.1. The number of hydrogen-bond donors (Lipinski definition) is 2. The highest BCUT2D eigenvalue weighted by molar-refractivity contribution is 6.32. The Morgan fingerprint density at radius 2 is 2.08 bits per heavy atom. The number of fused-ring (bicyclic) bond motifs is 1. The summed E-state index contributed by atoms with van der Waals surface area (Å²) in [5.74, 6) is 1.24. The molecule has 0 unspecified atom stereocenters. The summed E-state index contributed by atoms with van der Waals surface area (Å²) in [5, 5.41) is 10.5. The summed E-state index contributed by atoms with van der Waals surface area (Å²) in [6.07, 6.45) is 13.2. The molecule has 0 spiro atoms. The molecule has 3 rings (SSSR count). The van der Waals surface area contributed by atoms with Gasteiger partial charge in [0.2, 0.25) is 0 Å². The van der Waals surface area contributed by atoms with Crippen molar-refractivity contribution in [3.05, 3.63) is 33.8 Å². The summed E-state index contributed by atoms with van der Waals surface area (Å²) in [4.78, 5) is 0. The minimum Gasteiger partial charge on any atom is -0.394 e. The largest absolute Gasteiger partial charge is 0.394 e. The number of benzene rings is 1. The van der Waals surface area contributed by atoms with E-state index in [4.69, 9.17) is 17.3 Å². The zero-order valence-electron chi connectivity index (χ0n) is 15.7. The Kier molecular flexibility index (Phi) is 6.46. The van der Waals surface area contributed by atoms with Crippen LogP contribution in [0.25, 0.3) is 0 Å². The standard InChI is InChI=1S/C22H34ClNO/c1-2-3-4-5-6-16-7-9-19-17(13-16)8-10-20(21(19)23)18-11-12-22(24,14-18)15-25/h8,10,16,18,25H,2-7,9,11-15,24H2,1H3/t16-,18-,22-/m0/s1. The van der Waals surface area contributed by atoms with E-state index in [1.807, 2.05) is 0 Å². The van der Waals surface area contributed by atoms with E-state index < -0.39 is 5.54 Å². The first-order valence-corrected chi connectivity index (χ1v) is 10.6. The Bertz CT molecular complexity index is 588. The fourth-order valence-corrected chi connectivity index (χ4v) is 5.32. The number of nitrogens with two attached hydrogens (primary N) is 1. The average molecular weight is 364 g/mol. The van der Waals surface area contributed by atoms with Gasteiger partial charge in [0, 0.05) is 10.6 Å². The molecule has 2 aliphatic rings. The van der Waals surface area contributed by atoms with Crippen LogP contribution in [-0.2, 0) is 12.8 Å². The third-order valence-corrected chi connectivity index (χ3v) is 6.99. The summed E-state index contributed by atoms with van der Waals surface area (Å²) < 4.78 is 0. The molecule has 0 heterocycles. The van der Waals surface area contributed by atoms with Crippen molar-refractivity contribution in [1.29, 1.82) is 0 Å². The molecule has 3 atom stereocenters. The van der Waals surface area contributed by atoms with Crippen LogP contribution in [0.4, 0.5) is 0 Å². The number of hydrogen-bond acceptors (Lipinski definition) is 2. The van der Waals surface area contributed by atoms with Crippen molar-refractivity contribution in [3.8, 4) is 0 Å². The third-order valence-electron chi connectivity index (χ3n) is 6.55. The van der Waals surface area contributed by atoms with Crippen LogP contribution in [0.2, 0.25) is 5.02 Å². The number of rotatable bonds is 7. The second-order valence-corrected chi connectivity index (χ2v) is 8.90. The molecule has 1 aromatic carbocycles. The van der Waals surface area contributed by atoms with Gasteiger partial charge in [-0.1, -0.05) is 62.8 Å². The topological polar surface area (TPSA) is 46.2 Å². The van der Waals surface area contributed by atoms with Gasteiger partial charge in [0.15, 0.2) is 0 Å². The molecule has 3 heteroatoms. The predicted octanol–water partition coefficient (Wildman–Crippen LogP) is 5.37. The first kappa shape index (κ1) is 19.2. The molecule has 2 aliphatic carbocycles. The minimum absolute atomic E-state index is 0.0752. The van der Waals surface area contributed by atoms with Gasteiger partial charge in [0.25, 0.3) is 0 Å². The van der Waals surface area contributed by atoms with Crippen LogP contribution in [0.5, 0.6) is 0 Å². The monoisotopic (exact) mass is 363 g/mol. The van der Waals surface area contributed by atoms with Gasteiger partial charge in [0.1, 0.15) is 0 Å². The zero-order chi connectivity index (χ0) is 17.9. The minimum atomic E-state index is -0.409. The molecule has 2 nitrogen and oxygen atoms in total. The molecule has 0 radical (unpaired) electrons. The lowest BCUT2D eigenvalue weighted by molar-refractivity contribution is 0.198. The number of unbranched alkanes of at least 4 members (excludes halogenated alkanes) is 3. The molecule has 1 aromatic rings. The molecule has 140 valence electrons. The van der Waals surface area contributed by atoms with Crippen molar-refractivity contribution in [2.24, 2.45) is 11.7 Å². The Balaban J connectivity index is 1.66. The lowest BCUT2D eigenvalue weighted by Gasteiger charge is -2.28. The molecule has 25 heavy (non-hydrogen) atoms. The van der Waals surface area contributed by atoms with E-state index >= 15 is 0 Å². The summed E-state index contributed by atoms with van der Waals surface area (Å²) in [5.41, 5.74) is 9.99. The van der Waals surface area contributed by atoms with Crippen molar-refractivity contribution < 1.29 is 5.11 Å². The lowest BCUT2D eigenvalue weighted by atomic mass is 9.79. The Labute approximate surface area is 158 Å². The Morgan fingerprint density at radius 3 is 2.80 bits per heavy atom. The molecule has 0 bridgehead atoms. The molecule has 0 aromatic heterocycles. The smallest absolute Gasteiger partial charge is 0.0611 e. The van der Waals surface area contributed by atoms with Gasteiger partial charge in [-0.15, -0.1) is 0 Å². The van der Waals surface area contributed by atoms with Crippen LogP contribution >= 0.6 is 11.6 Å². The van der Waals surface area contributed by atoms with Crippen LogP contribution in [0.3, 0.4) is 0 Å². The Hall–Kier alpha value is -0.570. The van der Waals surface area contributed by atoms with Crippen molar-refractivity contribution in [1.82, 2.24) is 0 Å². The summed E-state index contributed by atoms with van der Waals surface area (Å²) in [6, 6.07) is 4.57. The summed E-state index contributed by atoms with van der Waals surface area (Å²) >= 11 is 6.83. The summed E-state index contributed by atoms with van der Waals surface area (Å²) in [7, 11) is 0. The Morgan fingerprint density at radius 1 is 1.24 bits per heavy atom. The highest BCUT2D eigenvalue weighted by Crippen LogP contribution is 2.44. The second kappa shape index (κ2) is 8.41. The average Bonchev–Trinajstić information content (AvgIpc) is 3.02. The van der Waals surface area contributed by atoms with Crippen LogP contribution in [-0.4, -0.2) is 17.3 Å². The second-order valence-electron chi connectivity index (χ2n) is 8.52. The molecule has 0 amide bonds. The van der Waals surface area contributed by atoms with Gasteiger partial charge in [-0.3, -0.25) is 0 Å². The number of aliphatic hydroxyl groups is 1. The van der Waals surface area contributed by atoms with Crippen molar-refractivity contribution in [3.63, 3.8) is 0 Å². The van der Waals surface area contributed by atoms with Gasteiger partial charge in [0.05, 0.1) is 6.61 Å². The maximum atomic E-state index is 9.53. The van der Waals surface area contributed by atoms with E-state index in [0.717, 1.165) is 36.6 Å². The summed E-state index contributed by atoms with van der Waals surface area (Å²) in [6.45, 7) is 2.35. The highest BCUT2D eigenvalue weighted by Gasteiger charge is 2.37. The third kappa shape index (κ3) is 4.40. The molecule has 1 saturated carbocycles. The molecule has 0 saturated heterocycles. The normalized spacial score (nSPS) is 29.0. The predicted molar refractivity (Wildman–Crippen MR) is 106 cm³/mol. The SMILES string of the molecule is CCCCCC[C@H]1CCc2c(ccc([C@H]3CC[C@@](N)(CO)C3)c2Cl)C1. The molecular formula is C22H34ClNO. The fraction of sp³-hybridized carbons (Fsp3) is 0.727. The molecule has 1 fully saturated rings. The van der Waals surface area contributed by atoms with Gasteiger partial charge < -0.3 is 10.8 Å². The number of aliphatic hydroxyl groups excluding tert-OH is 1. The van der Waals surface area contributed by atoms with E-state index in [0.29, 0.717) is 5.92 Å². The van der Waals surface area contributed by atoms with E-state index in [-0.39, 0.29) is 6.61 Å². The van der Waals surface area contributed by atoms with E-state index in [9.17, 15) is 5.11 Å². The van der Waals surface area contributed by atoms with E-state index in [1.165, 1.54) is 61.6 Å². The van der Waals surface area contributed by atoms with E-state index in [2.05, 4.69) is 19.1 Å². The highest BCUT2D eigenvalue weighted by atomic mass is 35.5. The molecule has 3 N–H and O–H groups in total. The number of halogens is 1. The van der Waals surface area contributed by atoms with Crippen molar-refractivity contribution in [2.75, 3.05) is 6.61 Å².